The molecule has 0 unspecified atom stereocenters. The van der Waals surface area contributed by atoms with Crippen LogP contribution in [0, 0.1) is 0 Å². The largest absolute Gasteiger partial charge is 0.497 e. The van der Waals surface area contributed by atoms with E-state index in [-0.39, 0.29) is 18.5 Å². The highest BCUT2D eigenvalue weighted by Crippen LogP contribution is 2.23. The molecule has 2 N–H and O–H groups in total. The number of rotatable bonds is 8. The molecule has 146 valence electrons. The van der Waals surface area contributed by atoms with Gasteiger partial charge in [0.1, 0.15) is 12.3 Å². The van der Waals surface area contributed by atoms with Gasteiger partial charge in [0.05, 0.1) is 7.11 Å². The maximum absolute atomic E-state index is 12.5. The maximum atomic E-state index is 12.5. The molecule has 1 fully saturated rings. The first-order chi connectivity index (χ1) is 13.6. The van der Waals surface area contributed by atoms with Crippen LogP contribution in [0.15, 0.2) is 54.6 Å². The van der Waals surface area contributed by atoms with Gasteiger partial charge in [-0.1, -0.05) is 36.4 Å². The van der Waals surface area contributed by atoms with E-state index in [1.807, 2.05) is 6.07 Å². The first-order valence-electron chi connectivity index (χ1n) is 9.04. The monoisotopic (exact) mass is 382 g/mol. The molecule has 2 aromatic carbocycles. The number of methoxy groups -OCH3 is 1. The van der Waals surface area contributed by atoms with Crippen molar-refractivity contribution < 1.29 is 23.9 Å². The molecule has 0 heterocycles. The van der Waals surface area contributed by atoms with Gasteiger partial charge in [-0.05, 0) is 31.0 Å². The Morgan fingerprint density at radius 1 is 1.07 bits per heavy atom. The lowest BCUT2D eigenvalue weighted by molar-refractivity contribution is -0.155. The molecule has 7 nitrogen and oxygen atoms in total. The Morgan fingerprint density at radius 3 is 2.50 bits per heavy atom. The highest BCUT2D eigenvalue weighted by atomic mass is 16.5. The van der Waals surface area contributed by atoms with Crippen LogP contribution in [-0.4, -0.2) is 37.5 Å². The second-order valence-corrected chi connectivity index (χ2v) is 6.48. The minimum absolute atomic E-state index is 0.144. The van der Waals surface area contributed by atoms with Crippen LogP contribution >= 0.6 is 0 Å². The number of hydrogen-bond acceptors (Lipinski definition) is 5. The van der Waals surface area contributed by atoms with Crippen molar-refractivity contribution in [3.63, 3.8) is 0 Å². The van der Waals surface area contributed by atoms with Crippen LogP contribution in [0.4, 0.5) is 0 Å². The maximum Gasteiger partial charge on any atom is 0.326 e. The molecule has 0 bridgehead atoms. The molecule has 1 aliphatic rings. The molecule has 0 radical (unpaired) electrons. The van der Waals surface area contributed by atoms with Gasteiger partial charge in [0.15, 0.2) is 0 Å². The van der Waals surface area contributed by atoms with Crippen molar-refractivity contribution in [2.75, 3.05) is 13.7 Å². The summed E-state index contributed by atoms with van der Waals surface area (Å²) in [6, 6.07) is 15.5. The lowest BCUT2D eigenvalue weighted by atomic mass is 10.1. The van der Waals surface area contributed by atoms with E-state index in [0.29, 0.717) is 16.9 Å². The Morgan fingerprint density at radius 2 is 1.82 bits per heavy atom. The van der Waals surface area contributed by atoms with Crippen LogP contribution in [0.2, 0.25) is 0 Å². The van der Waals surface area contributed by atoms with Crippen molar-refractivity contribution in [1.82, 2.24) is 10.6 Å². The SMILES string of the molecule is COc1cccc(C(=O)NCC(=O)O[C@@H](C(=O)NC2CC2)c2ccccc2)c1. The van der Waals surface area contributed by atoms with Gasteiger partial charge in [-0.3, -0.25) is 14.4 Å². The van der Waals surface area contributed by atoms with E-state index in [4.69, 9.17) is 9.47 Å². The Labute approximate surface area is 163 Å². The molecule has 7 heteroatoms. The topological polar surface area (TPSA) is 93.7 Å². The molecule has 0 saturated heterocycles. The fourth-order valence-corrected chi connectivity index (χ4v) is 2.60. The van der Waals surface area contributed by atoms with E-state index in [1.54, 1.807) is 48.5 Å². The Kier molecular flexibility index (Phi) is 6.26. The quantitative estimate of drug-likeness (QED) is 0.681. The Bertz CT molecular complexity index is 849. The molecule has 28 heavy (non-hydrogen) atoms. The predicted molar refractivity (Wildman–Crippen MR) is 102 cm³/mol. The molecule has 1 saturated carbocycles. The summed E-state index contributed by atoms with van der Waals surface area (Å²) in [5.74, 6) is -0.956. The lowest BCUT2D eigenvalue weighted by Crippen LogP contribution is -2.36. The summed E-state index contributed by atoms with van der Waals surface area (Å²) >= 11 is 0. The first kappa shape index (κ1) is 19.4. The third-order valence-electron chi connectivity index (χ3n) is 4.24. The smallest absolute Gasteiger partial charge is 0.326 e. The molecule has 3 rings (SSSR count). The minimum Gasteiger partial charge on any atom is -0.497 e. The van der Waals surface area contributed by atoms with Crippen LogP contribution < -0.4 is 15.4 Å². The molecular formula is C21H22N2O5. The van der Waals surface area contributed by atoms with Gasteiger partial charge in [0.25, 0.3) is 11.8 Å². The highest BCUT2D eigenvalue weighted by molar-refractivity contribution is 5.96. The molecule has 2 amide bonds. The second-order valence-electron chi connectivity index (χ2n) is 6.48. The summed E-state index contributed by atoms with van der Waals surface area (Å²) in [7, 11) is 1.50. The van der Waals surface area contributed by atoms with E-state index < -0.39 is 18.0 Å². The number of nitrogens with one attached hydrogen (secondary N) is 2. The van der Waals surface area contributed by atoms with Crippen LogP contribution in [-0.2, 0) is 14.3 Å². The second kappa shape index (κ2) is 9.03. The molecule has 2 aromatic rings. The molecule has 0 spiro atoms. The van der Waals surface area contributed by atoms with Gasteiger partial charge in [0.2, 0.25) is 6.10 Å². The van der Waals surface area contributed by atoms with Crippen LogP contribution in [0.5, 0.6) is 5.75 Å². The van der Waals surface area contributed by atoms with Gasteiger partial charge in [-0.25, -0.2) is 0 Å². The molecule has 1 atom stereocenters. The Balaban J connectivity index is 1.59. The molecule has 0 aromatic heterocycles. The van der Waals surface area contributed by atoms with Crippen LogP contribution in [0.25, 0.3) is 0 Å². The van der Waals surface area contributed by atoms with E-state index in [9.17, 15) is 14.4 Å². The number of ether oxygens (including phenoxy) is 2. The van der Waals surface area contributed by atoms with Crippen molar-refractivity contribution in [3.8, 4) is 5.75 Å². The minimum atomic E-state index is -1.05. The van der Waals surface area contributed by atoms with Crippen molar-refractivity contribution in [3.05, 3.63) is 65.7 Å². The number of amides is 2. The van der Waals surface area contributed by atoms with E-state index in [2.05, 4.69) is 10.6 Å². The third-order valence-corrected chi connectivity index (χ3v) is 4.24. The van der Waals surface area contributed by atoms with Gasteiger partial charge in [-0.15, -0.1) is 0 Å². The van der Waals surface area contributed by atoms with Crippen molar-refractivity contribution in [2.24, 2.45) is 0 Å². The summed E-state index contributed by atoms with van der Waals surface area (Å²) in [4.78, 5) is 36.9. The number of esters is 1. The zero-order chi connectivity index (χ0) is 19.9. The summed E-state index contributed by atoms with van der Waals surface area (Å²) in [5.41, 5.74) is 0.936. The summed E-state index contributed by atoms with van der Waals surface area (Å²) in [6.07, 6.45) is 0.804. The number of carbonyl (C=O) groups excluding carboxylic acids is 3. The zero-order valence-electron chi connectivity index (χ0n) is 15.5. The van der Waals surface area contributed by atoms with E-state index >= 15 is 0 Å². The molecule has 0 aliphatic heterocycles. The average molecular weight is 382 g/mol. The first-order valence-corrected chi connectivity index (χ1v) is 9.04. The fourth-order valence-electron chi connectivity index (χ4n) is 2.60. The third kappa shape index (κ3) is 5.33. The summed E-state index contributed by atoms with van der Waals surface area (Å²) in [6.45, 7) is -0.351. The summed E-state index contributed by atoms with van der Waals surface area (Å²) < 4.78 is 10.4. The summed E-state index contributed by atoms with van der Waals surface area (Å²) in [5, 5.41) is 5.34. The van der Waals surface area contributed by atoms with Crippen LogP contribution in [0.3, 0.4) is 0 Å². The Hall–Kier alpha value is -3.35. The number of benzene rings is 2. The van der Waals surface area contributed by atoms with Gasteiger partial charge in [0, 0.05) is 17.2 Å². The van der Waals surface area contributed by atoms with Gasteiger partial charge < -0.3 is 20.1 Å². The molecule has 1 aliphatic carbocycles. The number of hydrogen-bond donors (Lipinski definition) is 2. The molecular weight excluding hydrogens is 360 g/mol. The normalized spacial score (nSPS) is 13.9. The van der Waals surface area contributed by atoms with E-state index in [1.165, 1.54) is 7.11 Å². The van der Waals surface area contributed by atoms with Crippen LogP contribution in [0.1, 0.15) is 34.9 Å². The van der Waals surface area contributed by atoms with Gasteiger partial charge >= 0.3 is 5.97 Å². The van der Waals surface area contributed by atoms with Crippen molar-refractivity contribution in [1.29, 1.82) is 0 Å². The van der Waals surface area contributed by atoms with Crippen molar-refractivity contribution in [2.45, 2.75) is 25.0 Å². The number of carbonyl (C=O) groups is 3. The zero-order valence-corrected chi connectivity index (χ0v) is 15.5. The predicted octanol–water partition coefficient (Wildman–Crippen LogP) is 1.99. The average Bonchev–Trinajstić information content (AvgIpc) is 3.54. The van der Waals surface area contributed by atoms with Gasteiger partial charge in [-0.2, -0.15) is 0 Å². The van der Waals surface area contributed by atoms with E-state index in [0.717, 1.165) is 12.8 Å². The fraction of sp³-hybridized carbons (Fsp3) is 0.286. The highest BCUT2D eigenvalue weighted by Gasteiger charge is 2.30. The van der Waals surface area contributed by atoms with Crippen molar-refractivity contribution >= 4 is 17.8 Å². The standard InChI is InChI=1S/C21H22N2O5/c1-27-17-9-5-8-15(12-17)20(25)22-13-18(24)28-19(14-6-3-2-4-7-14)21(26)23-16-10-11-16/h2-9,12,16,19H,10-11,13H2,1H3,(H,22,25)(H,23,26)/t19-/m1/s1. The lowest BCUT2D eigenvalue weighted by Gasteiger charge is -2.18.